The number of aryl methyl sites for hydroxylation is 1. The van der Waals surface area contributed by atoms with Gasteiger partial charge in [-0.25, -0.2) is 9.97 Å². The number of carbonyl (C=O) groups excluding carboxylic acids is 1. The summed E-state index contributed by atoms with van der Waals surface area (Å²) < 4.78 is 1.44. The Morgan fingerprint density at radius 1 is 1.25 bits per heavy atom. The first-order valence-corrected chi connectivity index (χ1v) is 8.93. The topological polar surface area (TPSA) is 113 Å². The van der Waals surface area contributed by atoms with E-state index in [4.69, 9.17) is 0 Å². The van der Waals surface area contributed by atoms with Gasteiger partial charge in [-0.15, -0.1) is 0 Å². The zero-order valence-corrected chi connectivity index (χ0v) is 15.2. The molecule has 2 aromatic carbocycles. The number of imidazole rings is 1. The minimum Gasteiger partial charge on any atom is -0.385 e. The average Bonchev–Trinajstić information content (AvgIpc) is 3.11. The van der Waals surface area contributed by atoms with E-state index in [2.05, 4.69) is 20.3 Å². The maximum absolute atomic E-state index is 12.5. The molecule has 8 heteroatoms. The van der Waals surface area contributed by atoms with Crippen molar-refractivity contribution in [3.05, 3.63) is 65.0 Å². The summed E-state index contributed by atoms with van der Waals surface area (Å²) in [6, 6.07) is 12.4. The van der Waals surface area contributed by atoms with Crippen LogP contribution >= 0.6 is 0 Å². The lowest BCUT2D eigenvalue weighted by molar-refractivity contribution is -0.116. The molecule has 0 saturated heterocycles. The van der Waals surface area contributed by atoms with E-state index in [1.165, 1.54) is 10.9 Å². The number of nitrogens with zero attached hydrogens (tertiary/aromatic N) is 3. The molecule has 4 aromatic rings. The van der Waals surface area contributed by atoms with Gasteiger partial charge in [0.1, 0.15) is 11.9 Å². The number of anilines is 1. The molecule has 0 radical (unpaired) electrons. The lowest BCUT2D eigenvalue weighted by Gasteiger charge is -2.08. The van der Waals surface area contributed by atoms with Crippen molar-refractivity contribution in [3.8, 4) is 0 Å². The van der Waals surface area contributed by atoms with E-state index < -0.39 is 6.10 Å². The maximum Gasteiger partial charge on any atom is 0.261 e. The van der Waals surface area contributed by atoms with Crippen molar-refractivity contribution in [2.75, 3.05) is 5.32 Å². The molecule has 0 aliphatic heterocycles. The summed E-state index contributed by atoms with van der Waals surface area (Å²) in [5.74, 6) is 0.260. The molecular formula is C20H19N5O3. The monoisotopic (exact) mass is 377 g/mol. The fourth-order valence-corrected chi connectivity index (χ4v) is 3.02. The second-order valence-electron chi connectivity index (χ2n) is 6.59. The first kappa shape index (κ1) is 17.9. The summed E-state index contributed by atoms with van der Waals surface area (Å²) in [5.41, 5.74) is 2.52. The van der Waals surface area contributed by atoms with Crippen LogP contribution in [0, 0.1) is 0 Å². The first-order valence-electron chi connectivity index (χ1n) is 8.93. The van der Waals surface area contributed by atoms with Crippen LogP contribution in [0.4, 0.5) is 5.69 Å². The molecule has 0 fully saturated rings. The summed E-state index contributed by atoms with van der Waals surface area (Å²) >= 11 is 0. The molecule has 2 heterocycles. The molecule has 0 spiro atoms. The van der Waals surface area contributed by atoms with E-state index in [0.717, 1.165) is 5.52 Å². The van der Waals surface area contributed by atoms with Gasteiger partial charge in [-0.05, 0) is 37.3 Å². The van der Waals surface area contributed by atoms with Crippen molar-refractivity contribution >= 4 is 33.5 Å². The predicted octanol–water partition coefficient (Wildman–Crippen LogP) is 2.35. The third-order valence-electron chi connectivity index (χ3n) is 4.49. The van der Waals surface area contributed by atoms with Crippen LogP contribution in [0.5, 0.6) is 0 Å². The van der Waals surface area contributed by atoms with Crippen molar-refractivity contribution in [1.29, 1.82) is 0 Å². The van der Waals surface area contributed by atoms with Crippen LogP contribution in [-0.4, -0.2) is 30.5 Å². The van der Waals surface area contributed by atoms with E-state index in [1.807, 2.05) is 6.07 Å². The Balaban J connectivity index is 1.45. The molecular weight excluding hydrogens is 358 g/mol. The van der Waals surface area contributed by atoms with Gasteiger partial charge in [0.05, 0.1) is 28.3 Å². The molecule has 0 aliphatic carbocycles. The third kappa shape index (κ3) is 3.49. The lowest BCUT2D eigenvalue weighted by Crippen LogP contribution is -2.23. The number of hydrogen-bond donors (Lipinski definition) is 3. The number of carbonyl (C=O) groups is 1. The van der Waals surface area contributed by atoms with Crippen LogP contribution in [0.1, 0.15) is 25.3 Å². The molecule has 28 heavy (non-hydrogen) atoms. The molecule has 142 valence electrons. The number of fused-ring (bicyclic) bond motifs is 2. The molecule has 0 saturated carbocycles. The number of benzene rings is 2. The Hall–Kier alpha value is -3.52. The molecule has 1 unspecified atom stereocenters. The molecule has 0 aliphatic rings. The highest BCUT2D eigenvalue weighted by atomic mass is 16.3. The fourth-order valence-electron chi connectivity index (χ4n) is 3.02. The number of nitrogens with one attached hydrogen (secondary N) is 2. The van der Waals surface area contributed by atoms with Crippen LogP contribution in [0.3, 0.4) is 0 Å². The van der Waals surface area contributed by atoms with E-state index in [1.54, 1.807) is 43.3 Å². The first-order chi connectivity index (χ1) is 13.5. The lowest BCUT2D eigenvalue weighted by atomic mass is 10.2. The second kappa shape index (κ2) is 7.24. The normalized spacial score (nSPS) is 12.4. The van der Waals surface area contributed by atoms with Crippen LogP contribution in [0.15, 0.2) is 53.6 Å². The molecule has 8 nitrogen and oxygen atoms in total. The van der Waals surface area contributed by atoms with Crippen molar-refractivity contribution in [1.82, 2.24) is 19.5 Å². The summed E-state index contributed by atoms with van der Waals surface area (Å²) in [5, 5.41) is 13.0. The van der Waals surface area contributed by atoms with Crippen molar-refractivity contribution in [2.45, 2.75) is 26.0 Å². The minimum atomic E-state index is -0.695. The van der Waals surface area contributed by atoms with E-state index >= 15 is 0 Å². The van der Waals surface area contributed by atoms with E-state index in [0.29, 0.717) is 27.9 Å². The second-order valence-corrected chi connectivity index (χ2v) is 6.59. The third-order valence-corrected chi connectivity index (χ3v) is 4.49. The van der Waals surface area contributed by atoms with Crippen LogP contribution < -0.4 is 10.9 Å². The summed E-state index contributed by atoms with van der Waals surface area (Å²) in [6.07, 6.45) is 0.908. The van der Waals surface area contributed by atoms with Gasteiger partial charge < -0.3 is 15.4 Å². The summed E-state index contributed by atoms with van der Waals surface area (Å²) in [6.45, 7) is 1.87. The Labute approximate surface area is 159 Å². The summed E-state index contributed by atoms with van der Waals surface area (Å²) in [7, 11) is 0. The SMILES string of the molecule is CC(O)c1nc2ccc(NC(=O)CCn3cnc4ccccc4c3=O)cc2[nH]1. The van der Waals surface area contributed by atoms with E-state index in [9.17, 15) is 14.7 Å². The fraction of sp³-hybridized carbons (Fsp3) is 0.200. The smallest absolute Gasteiger partial charge is 0.261 e. The largest absolute Gasteiger partial charge is 0.385 e. The number of para-hydroxylation sites is 1. The van der Waals surface area contributed by atoms with Crippen molar-refractivity contribution in [3.63, 3.8) is 0 Å². The summed E-state index contributed by atoms with van der Waals surface area (Å²) in [4.78, 5) is 36.3. The van der Waals surface area contributed by atoms with Crippen molar-refractivity contribution < 1.29 is 9.90 Å². The van der Waals surface area contributed by atoms with Gasteiger partial charge in [0.2, 0.25) is 5.91 Å². The highest BCUT2D eigenvalue weighted by molar-refractivity contribution is 5.93. The van der Waals surface area contributed by atoms with E-state index in [-0.39, 0.29) is 24.4 Å². The van der Waals surface area contributed by atoms with Gasteiger partial charge in [-0.2, -0.15) is 0 Å². The highest BCUT2D eigenvalue weighted by Crippen LogP contribution is 2.20. The Bertz CT molecular complexity index is 1230. The zero-order valence-electron chi connectivity index (χ0n) is 15.2. The molecule has 1 atom stereocenters. The molecule has 0 bridgehead atoms. The van der Waals surface area contributed by atoms with Gasteiger partial charge in [-0.3, -0.25) is 14.2 Å². The number of rotatable bonds is 5. The standard InChI is InChI=1S/C20H19N5O3/c1-12(26)19-23-16-7-6-13(10-17(16)24-19)22-18(27)8-9-25-11-21-15-5-3-2-4-14(15)20(25)28/h2-7,10-12,26H,8-9H2,1H3,(H,22,27)(H,23,24). The van der Waals surface area contributed by atoms with Crippen molar-refractivity contribution in [2.24, 2.45) is 0 Å². The minimum absolute atomic E-state index is 0.139. The number of aliphatic hydroxyl groups excluding tert-OH is 1. The Morgan fingerprint density at radius 3 is 2.89 bits per heavy atom. The van der Waals surface area contributed by atoms with Crippen LogP contribution in [0.2, 0.25) is 0 Å². The number of aliphatic hydroxyl groups is 1. The Morgan fingerprint density at radius 2 is 2.07 bits per heavy atom. The number of aromatic nitrogens is 4. The molecule has 2 aromatic heterocycles. The van der Waals surface area contributed by atoms with Crippen LogP contribution in [-0.2, 0) is 11.3 Å². The number of aromatic amines is 1. The van der Waals surface area contributed by atoms with Gasteiger partial charge in [0.25, 0.3) is 5.56 Å². The quantitative estimate of drug-likeness (QED) is 0.494. The number of H-pyrrole nitrogens is 1. The van der Waals surface area contributed by atoms with Crippen LogP contribution in [0.25, 0.3) is 21.9 Å². The Kier molecular flexibility index (Phi) is 4.62. The van der Waals surface area contributed by atoms with Gasteiger partial charge in [0.15, 0.2) is 0 Å². The molecule has 4 rings (SSSR count). The number of hydrogen-bond acceptors (Lipinski definition) is 5. The average molecular weight is 377 g/mol. The maximum atomic E-state index is 12.5. The highest BCUT2D eigenvalue weighted by Gasteiger charge is 2.10. The molecule has 1 amide bonds. The van der Waals surface area contributed by atoms with Gasteiger partial charge in [-0.1, -0.05) is 12.1 Å². The zero-order chi connectivity index (χ0) is 19.7. The predicted molar refractivity (Wildman–Crippen MR) is 106 cm³/mol. The molecule has 3 N–H and O–H groups in total. The number of amides is 1. The van der Waals surface area contributed by atoms with Gasteiger partial charge >= 0.3 is 0 Å². The van der Waals surface area contributed by atoms with Gasteiger partial charge in [0, 0.05) is 18.7 Å².